The minimum Gasteiger partial charge on any atom is -0.374 e. The SMILES string of the molecule is CCCCCCCCCCCCCCCCCc1nnc(N)s1. The van der Waals surface area contributed by atoms with Gasteiger partial charge in [0.1, 0.15) is 5.01 Å². The number of unbranched alkanes of at least 4 members (excludes halogenated alkanes) is 14. The zero-order valence-electron chi connectivity index (χ0n) is 15.2. The maximum absolute atomic E-state index is 5.58. The van der Waals surface area contributed by atoms with Gasteiger partial charge >= 0.3 is 0 Å². The molecule has 4 heteroatoms. The minimum absolute atomic E-state index is 0.598. The molecule has 0 atom stereocenters. The summed E-state index contributed by atoms with van der Waals surface area (Å²) in [5.41, 5.74) is 5.58. The molecule has 0 radical (unpaired) electrons. The number of rotatable bonds is 16. The van der Waals surface area contributed by atoms with E-state index in [1.807, 2.05) is 0 Å². The minimum atomic E-state index is 0.598. The van der Waals surface area contributed by atoms with E-state index in [-0.39, 0.29) is 0 Å². The van der Waals surface area contributed by atoms with Gasteiger partial charge in [-0.1, -0.05) is 108 Å². The highest BCUT2D eigenvalue weighted by atomic mass is 32.1. The third kappa shape index (κ3) is 12.4. The van der Waals surface area contributed by atoms with Gasteiger partial charge in [-0.3, -0.25) is 0 Å². The van der Waals surface area contributed by atoms with Gasteiger partial charge in [-0.2, -0.15) is 0 Å². The number of nitrogens with two attached hydrogens (primary N) is 1. The summed E-state index contributed by atoms with van der Waals surface area (Å²) < 4.78 is 0. The van der Waals surface area contributed by atoms with Crippen LogP contribution in [0.1, 0.15) is 108 Å². The highest BCUT2D eigenvalue weighted by Gasteiger charge is 2.00. The molecule has 1 heterocycles. The van der Waals surface area contributed by atoms with Gasteiger partial charge in [0.15, 0.2) is 0 Å². The second-order valence-electron chi connectivity index (χ2n) is 6.73. The quantitative estimate of drug-likeness (QED) is 0.348. The van der Waals surface area contributed by atoms with E-state index in [1.165, 1.54) is 108 Å². The molecule has 0 aliphatic rings. The smallest absolute Gasteiger partial charge is 0.203 e. The maximum atomic E-state index is 5.58. The molecule has 1 rings (SSSR count). The molecule has 0 amide bonds. The molecule has 0 fully saturated rings. The largest absolute Gasteiger partial charge is 0.374 e. The molecular weight excluding hydrogens is 302 g/mol. The second kappa shape index (κ2) is 14.9. The average Bonchev–Trinajstić information content (AvgIpc) is 2.96. The summed E-state index contributed by atoms with van der Waals surface area (Å²) in [6, 6.07) is 0. The van der Waals surface area contributed by atoms with Gasteiger partial charge in [0.05, 0.1) is 0 Å². The number of hydrogen-bond donors (Lipinski definition) is 1. The number of anilines is 1. The first kappa shape index (κ1) is 20.4. The van der Waals surface area contributed by atoms with Crippen molar-refractivity contribution in [2.24, 2.45) is 0 Å². The first-order valence-corrected chi connectivity index (χ1v) is 10.7. The van der Waals surface area contributed by atoms with Gasteiger partial charge in [-0.25, -0.2) is 0 Å². The molecule has 23 heavy (non-hydrogen) atoms. The normalized spacial score (nSPS) is 11.2. The van der Waals surface area contributed by atoms with E-state index >= 15 is 0 Å². The molecule has 0 spiro atoms. The van der Waals surface area contributed by atoms with Gasteiger partial charge in [0, 0.05) is 6.42 Å². The van der Waals surface area contributed by atoms with Crippen molar-refractivity contribution in [3.8, 4) is 0 Å². The van der Waals surface area contributed by atoms with Crippen LogP contribution in [0.2, 0.25) is 0 Å². The monoisotopic (exact) mass is 339 g/mol. The summed E-state index contributed by atoms with van der Waals surface area (Å²) in [7, 11) is 0. The first-order chi connectivity index (χ1) is 11.3. The summed E-state index contributed by atoms with van der Waals surface area (Å²) in [5, 5.41) is 9.61. The number of aryl methyl sites for hydroxylation is 1. The number of hydrogen-bond acceptors (Lipinski definition) is 4. The molecule has 0 unspecified atom stereocenters. The third-order valence-corrected chi connectivity index (χ3v) is 5.29. The van der Waals surface area contributed by atoms with Gasteiger partial charge < -0.3 is 5.73 Å². The number of nitrogens with zero attached hydrogens (tertiary/aromatic N) is 2. The molecule has 0 aliphatic heterocycles. The van der Waals surface area contributed by atoms with Gasteiger partial charge in [-0.05, 0) is 6.42 Å². The lowest BCUT2D eigenvalue weighted by atomic mass is 10.0. The Hall–Kier alpha value is -0.640. The summed E-state index contributed by atoms with van der Waals surface area (Å²) in [4.78, 5) is 0. The van der Waals surface area contributed by atoms with E-state index in [4.69, 9.17) is 5.73 Å². The van der Waals surface area contributed by atoms with Crippen LogP contribution in [0, 0.1) is 0 Å². The molecule has 0 bridgehead atoms. The molecular formula is C19H37N3S. The van der Waals surface area contributed by atoms with Crippen molar-refractivity contribution in [2.75, 3.05) is 5.73 Å². The van der Waals surface area contributed by atoms with Crippen molar-refractivity contribution in [2.45, 2.75) is 110 Å². The Morgan fingerprint density at radius 1 is 0.652 bits per heavy atom. The van der Waals surface area contributed by atoms with Crippen LogP contribution in [-0.4, -0.2) is 10.2 Å². The lowest BCUT2D eigenvalue weighted by Gasteiger charge is -2.03. The standard InChI is InChI=1S/C19H37N3S/c1-2-3-4-5-6-7-8-9-10-11-12-13-14-15-16-17-18-21-22-19(20)23-18/h2-17H2,1H3,(H2,20,22). The van der Waals surface area contributed by atoms with Crippen LogP contribution in [0.15, 0.2) is 0 Å². The van der Waals surface area contributed by atoms with Crippen molar-refractivity contribution < 1.29 is 0 Å². The average molecular weight is 340 g/mol. The van der Waals surface area contributed by atoms with Crippen LogP contribution < -0.4 is 5.73 Å². The predicted octanol–water partition coefficient (Wildman–Crippen LogP) is 6.53. The topological polar surface area (TPSA) is 51.8 Å². The number of aromatic nitrogens is 2. The lowest BCUT2D eigenvalue weighted by molar-refractivity contribution is 0.532. The zero-order valence-corrected chi connectivity index (χ0v) is 16.0. The molecule has 0 aromatic carbocycles. The van der Waals surface area contributed by atoms with Crippen LogP contribution in [0.25, 0.3) is 0 Å². The van der Waals surface area contributed by atoms with Gasteiger partial charge in [0.25, 0.3) is 0 Å². The van der Waals surface area contributed by atoms with Crippen molar-refractivity contribution in [3.05, 3.63) is 5.01 Å². The number of nitrogen functional groups attached to an aromatic ring is 1. The fraction of sp³-hybridized carbons (Fsp3) is 0.895. The van der Waals surface area contributed by atoms with E-state index in [1.54, 1.807) is 0 Å². The Morgan fingerprint density at radius 2 is 1.09 bits per heavy atom. The summed E-state index contributed by atoms with van der Waals surface area (Å²) in [6.45, 7) is 2.29. The molecule has 3 nitrogen and oxygen atoms in total. The van der Waals surface area contributed by atoms with E-state index in [2.05, 4.69) is 17.1 Å². The Bertz CT molecular complexity index is 365. The fourth-order valence-electron chi connectivity index (χ4n) is 3.02. The van der Waals surface area contributed by atoms with Crippen LogP contribution in [0.4, 0.5) is 5.13 Å². The van der Waals surface area contributed by atoms with Gasteiger partial charge in [0.2, 0.25) is 5.13 Å². The highest BCUT2D eigenvalue weighted by molar-refractivity contribution is 7.15. The Kier molecular flexibility index (Phi) is 13.2. The molecule has 134 valence electrons. The van der Waals surface area contributed by atoms with Gasteiger partial charge in [-0.15, -0.1) is 10.2 Å². The van der Waals surface area contributed by atoms with E-state index in [9.17, 15) is 0 Å². The highest BCUT2D eigenvalue weighted by Crippen LogP contribution is 2.16. The molecule has 0 aliphatic carbocycles. The van der Waals surface area contributed by atoms with Crippen molar-refractivity contribution >= 4 is 16.5 Å². The predicted molar refractivity (Wildman–Crippen MR) is 103 cm³/mol. The molecule has 1 aromatic rings. The summed E-state index contributed by atoms with van der Waals surface area (Å²) in [5.74, 6) is 0. The maximum Gasteiger partial charge on any atom is 0.203 e. The van der Waals surface area contributed by atoms with Crippen LogP contribution in [0.5, 0.6) is 0 Å². The van der Waals surface area contributed by atoms with Crippen LogP contribution in [0.3, 0.4) is 0 Å². The zero-order chi connectivity index (χ0) is 16.6. The molecule has 2 N–H and O–H groups in total. The summed E-state index contributed by atoms with van der Waals surface area (Å²) in [6.07, 6.45) is 22.2. The van der Waals surface area contributed by atoms with Crippen molar-refractivity contribution in [3.63, 3.8) is 0 Å². The third-order valence-electron chi connectivity index (χ3n) is 4.48. The Labute approximate surface area is 147 Å². The van der Waals surface area contributed by atoms with E-state index < -0.39 is 0 Å². The van der Waals surface area contributed by atoms with Crippen molar-refractivity contribution in [1.82, 2.24) is 10.2 Å². The molecule has 1 aromatic heterocycles. The molecule has 0 saturated carbocycles. The van der Waals surface area contributed by atoms with Crippen molar-refractivity contribution in [1.29, 1.82) is 0 Å². The fourth-order valence-corrected chi connectivity index (χ4v) is 3.67. The second-order valence-corrected chi connectivity index (χ2v) is 7.83. The van der Waals surface area contributed by atoms with Crippen LogP contribution >= 0.6 is 11.3 Å². The van der Waals surface area contributed by atoms with E-state index in [0.717, 1.165) is 11.4 Å². The Balaban J connectivity index is 1.71. The summed E-state index contributed by atoms with van der Waals surface area (Å²) >= 11 is 1.53. The first-order valence-electron chi connectivity index (χ1n) is 9.90. The van der Waals surface area contributed by atoms with Crippen LogP contribution in [-0.2, 0) is 6.42 Å². The van der Waals surface area contributed by atoms with E-state index in [0.29, 0.717) is 5.13 Å². The Morgan fingerprint density at radius 3 is 1.48 bits per heavy atom. The molecule has 0 saturated heterocycles. The lowest BCUT2D eigenvalue weighted by Crippen LogP contribution is -1.86.